The minimum atomic E-state index is 0.0367. The number of anilines is 2. The van der Waals surface area contributed by atoms with Gasteiger partial charge in [-0.15, -0.1) is 0 Å². The molecule has 0 radical (unpaired) electrons. The van der Waals surface area contributed by atoms with Gasteiger partial charge in [0.05, 0.1) is 6.61 Å². The number of methoxy groups -OCH3 is 1. The quantitative estimate of drug-likeness (QED) is 0.366. The average molecular weight is 213 g/mol. The number of nitrogens with one attached hydrogen (secondary N) is 2. The van der Waals surface area contributed by atoms with E-state index in [4.69, 9.17) is 15.7 Å². The fourth-order valence-electron chi connectivity index (χ4n) is 1.04. The third-order valence-electron chi connectivity index (χ3n) is 1.61. The molecule has 84 valence electrons. The van der Waals surface area contributed by atoms with Crippen LogP contribution in [0.15, 0.2) is 6.07 Å². The van der Waals surface area contributed by atoms with Crippen molar-refractivity contribution in [3.05, 3.63) is 11.9 Å². The molecule has 0 aliphatic rings. The van der Waals surface area contributed by atoms with Gasteiger partial charge in [0, 0.05) is 19.7 Å². The van der Waals surface area contributed by atoms with Crippen molar-refractivity contribution in [3.63, 3.8) is 0 Å². The van der Waals surface area contributed by atoms with E-state index in [2.05, 4.69) is 20.7 Å². The van der Waals surface area contributed by atoms with E-state index in [9.17, 15) is 0 Å². The zero-order chi connectivity index (χ0) is 11.1. The van der Waals surface area contributed by atoms with Crippen molar-refractivity contribution in [3.8, 4) is 0 Å². The molecule has 0 atom stereocenters. The number of hydrogen-bond acceptors (Lipinski definition) is 7. The number of aromatic nitrogens is 2. The lowest BCUT2D eigenvalue weighted by atomic mass is 10.4. The van der Waals surface area contributed by atoms with Crippen molar-refractivity contribution in [2.75, 3.05) is 31.0 Å². The minimum Gasteiger partial charge on any atom is -0.395 e. The number of nitrogens with two attached hydrogens (primary N) is 1. The van der Waals surface area contributed by atoms with Crippen LogP contribution in [0.5, 0.6) is 0 Å². The van der Waals surface area contributed by atoms with Crippen molar-refractivity contribution in [1.82, 2.24) is 9.97 Å². The van der Waals surface area contributed by atoms with Crippen molar-refractivity contribution in [2.24, 2.45) is 5.84 Å². The normalized spacial score (nSPS) is 10.1. The summed E-state index contributed by atoms with van der Waals surface area (Å²) in [6.07, 6.45) is 0. The summed E-state index contributed by atoms with van der Waals surface area (Å²) in [6, 6.07) is 1.65. The second-order valence-electron chi connectivity index (χ2n) is 2.78. The number of hydrazine groups is 1. The Balaban J connectivity index is 2.79. The van der Waals surface area contributed by atoms with E-state index in [1.165, 1.54) is 0 Å². The summed E-state index contributed by atoms with van der Waals surface area (Å²) in [7, 11) is 1.56. The van der Waals surface area contributed by atoms with E-state index >= 15 is 0 Å². The van der Waals surface area contributed by atoms with Crippen LogP contribution >= 0.6 is 0 Å². The first-order valence-corrected chi connectivity index (χ1v) is 4.48. The standard InChI is InChI=1S/C8H15N5O2/c1-15-5-8-11-6(10-2-3-14)4-7(12-8)13-9/h4,14H,2-3,5,9H2,1H3,(H2,10,11,12,13). The van der Waals surface area contributed by atoms with E-state index < -0.39 is 0 Å². The number of nitrogen functional groups attached to an aromatic ring is 1. The van der Waals surface area contributed by atoms with Gasteiger partial charge in [-0.25, -0.2) is 15.8 Å². The van der Waals surface area contributed by atoms with Crippen molar-refractivity contribution in [1.29, 1.82) is 0 Å². The highest BCUT2D eigenvalue weighted by molar-refractivity contribution is 5.46. The number of ether oxygens (including phenoxy) is 1. The SMILES string of the molecule is COCc1nc(NN)cc(NCCO)n1. The highest BCUT2D eigenvalue weighted by Crippen LogP contribution is 2.10. The van der Waals surface area contributed by atoms with Gasteiger partial charge in [0.2, 0.25) is 0 Å². The van der Waals surface area contributed by atoms with E-state index in [1.54, 1.807) is 13.2 Å². The fraction of sp³-hybridized carbons (Fsp3) is 0.500. The van der Waals surface area contributed by atoms with Gasteiger partial charge in [0.15, 0.2) is 5.82 Å². The molecule has 7 heteroatoms. The predicted octanol–water partition coefficient (Wildman–Crippen LogP) is -0.687. The van der Waals surface area contributed by atoms with Crippen LogP contribution in [-0.4, -0.2) is 35.3 Å². The van der Waals surface area contributed by atoms with Gasteiger partial charge in [-0.1, -0.05) is 0 Å². The summed E-state index contributed by atoms with van der Waals surface area (Å²) in [5.74, 6) is 6.87. The zero-order valence-corrected chi connectivity index (χ0v) is 8.53. The lowest BCUT2D eigenvalue weighted by Crippen LogP contribution is -2.13. The Labute approximate surface area is 87.6 Å². The molecule has 0 amide bonds. The maximum Gasteiger partial charge on any atom is 0.158 e. The van der Waals surface area contributed by atoms with Crippen LogP contribution < -0.4 is 16.6 Å². The van der Waals surface area contributed by atoms with E-state index in [1.807, 2.05) is 0 Å². The molecule has 0 saturated heterocycles. The van der Waals surface area contributed by atoms with Crippen LogP contribution in [0.2, 0.25) is 0 Å². The van der Waals surface area contributed by atoms with Crippen molar-refractivity contribution >= 4 is 11.6 Å². The van der Waals surface area contributed by atoms with E-state index in [-0.39, 0.29) is 6.61 Å². The molecule has 0 spiro atoms. The molecule has 1 aromatic rings. The molecule has 0 saturated carbocycles. The van der Waals surface area contributed by atoms with Gasteiger partial charge >= 0.3 is 0 Å². The molecule has 0 unspecified atom stereocenters. The first-order chi connectivity index (χ1) is 7.30. The van der Waals surface area contributed by atoms with Gasteiger partial charge < -0.3 is 20.6 Å². The molecule has 5 N–H and O–H groups in total. The van der Waals surface area contributed by atoms with Crippen LogP contribution in [0.4, 0.5) is 11.6 Å². The monoisotopic (exact) mass is 213 g/mol. The molecule has 0 bridgehead atoms. The van der Waals surface area contributed by atoms with Crippen molar-refractivity contribution < 1.29 is 9.84 Å². The topological polar surface area (TPSA) is 105 Å². The Bertz CT molecular complexity index is 307. The van der Waals surface area contributed by atoms with Crippen LogP contribution in [0.1, 0.15) is 5.82 Å². The third kappa shape index (κ3) is 3.66. The lowest BCUT2D eigenvalue weighted by molar-refractivity contribution is 0.178. The molecule has 15 heavy (non-hydrogen) atoms. The molecule has 1 rings (SSSR count). The van der Waals surface area contributed by atoms with Gasteiger partial charge in [-0.3, -0.25) is 0 Å². The number of rotatable bonds is 6. The Morgan fingerprint density at radius 3 is 2.80 bits per heavy atom. The minimum absolute atomic E-state index is 0.0367. The molecular formula is C8H15N5O2. The summed E-state index contributed by atoms with van der Waals surface area (Å²) in [6.45, 7) is 0.770. The zero-order valence-electron chi connectivity index (χ0n) is 8.53. The molecular weight excluding hydrogens is 198 g/mol. The maximum atomic E-state index is 8.66. The summed E-state index contributed by atoms with van der Waals surface area (Å²) < 4.78 is 4.92. The highest BCUT2D eigenvalue weighted by Gasteiger charge is 2.02. The molecule has 0 aliphatic heterocycles. The number of hydrogen-bond donors (Lipinski definition) is 4. The van der Waals surface area contributed by atoms with Gasteiger partial charge in [-0.05, 0) is 0 Å². The number of aliphatic hydroxyl groups is 1. The van der Waals surface area contributed by atoms with Crippen LogP contribution in [0.3, 0.4) is 0 Å². The summed E-state index contributed by atoms with van der Waals surface area (Å²) in [5.41, 5.74) is 2.43. The third-order valence-corrected chi connectivity index (χ3v) is 1.61. The second kappa shape index (κ2) is 6.12. The first kappa shape index (κ1) is 11.6. The average Bonchev–Trinajstić information content (AvgIpc) is 2.26. The summed E-state index contributed by atoms with van der Waals surface area (Å²) >= 11 is 0. The van der Waals surface area contributed by atoms with Crippen LogP contribution in [0.25, 0.3) is 0 Å². The molecule has 0 fully saturated rings. The number of aliphatic hydroxyl groups excluding tert-OH is 1. The Morgan fingerprint density at radius 1 is 1.47 bits per heavy atom. The largest absolute Gasteiger partial charge is 0.395 e. The Morgan fingerprint density at radius 2 is 2.20 bits per heavy atom. The van der Waals surface area contributed by atoms with Gasteiger partial charge in [0.25, 0.3) is 0 Å². The summed E-state index contributed by atoms with van der Waals surface area (Å²) in [4.78, 5) is 8.23. The Hall–Kier alpha value is -1.44. The Kier molecular flexibility index (Phi) is 4.75. The van der Waals surface area contributed by atoms with Crippen molar-refractivity contribution in [2.45, 2.75) is 6.61 Å². The van der Waals surface area contributed by atoms with Crippen LogP contribution in [-0.2, 0) is 11.3 Å². The van der Waals surface area contributed by atoms with Gasteiger partial charge in [-0.2, -0.15) is 0 Å². The smallest absolute Gasteiger partial charge is 0.158 e. The van der Waals surface area contributed by atoms with E-state index in [0.29, 0.717) is 30.6 Å². The lowest BCUT2D eigenvalue weighted by Gasteiger charge is -2.08. The molecule has 1 aromatic heterocycles. The molecule has 7 nitrogen and oxygen atoms in total. The summed E-state index contributed by atoms with van der Waals surface area (Å²) in [5, 5.41) is 11.6. The predicted molar refractivity (Wildman–Crippen MR) is 56.1 cm³/mol. The highest BCUT2D eigenvalue weighted by atomic mass is 16.5. The van der Waals surface area contributed by atoms with E-state index in [0.717, 1.165) is 0 Å². The molecule has 0 aliphatic carbocycles. The molecule has 0 aromatic carbocycles. The number of nitrogens with zero attached hydrogens (tertiary/aromatic N) is 2. The second-order valence-corrected chi connectivity index (χ2v) is 2.78. The maximum absolute atomic E-state index is 8.66. The fourth-order valence-corrected chi connectivity index (χ4v) is 1.04. The van der Waals surface area contributed by atoms with Crippen LogP contribution in [0, 0.1) is 0 Å². The molecule has 1 heterocycles. The first-order valence-electron chi connectivity index (χ1n) is 4.48. The van der Waals surface area contributed by atoms with Gasteiger partial charge in [0.1, 0.15) is 18.2 Å².